The number of carbonyl (C=O) groups excluding carboxylic acids is 1. The number of ketones is 1. The number of aromatic nitrogens is 1. The minimum absolute atomic E-state index is 0.152. The van der Waals surface area contributed by atoms with E-state index >= 15 is 0 Å². The number of carbonyl (C=O) groups is 1. The van der Waals surface area contributed by atoms with Crippen molar-refractivity contribution in [3.05, 3.63) is 30.1 Å². The van der Waals surface area contributed by atoms with Crippen molar-refractivity contribution in [2.45, 2.75) is 49.0 Å². The molecule has 2 aliphatic rings. The first kappa shape index (κ1) is 13.0. The molecule has 0 amide bonds. The zero-order valence-corrected chi connectivity index (χ0v) is 11.8. The van der Waals surface area contributed by atoms with Gasteiger partial charge in [-0.05, 0) is 44.2 Å². The number of fused-ring (bicyclic) bond motifs is 2. The molecule has 2 unspecified atom stereocenters. The van der Waals surface area contributed by atoms with Crippen LogP contribution in [0.4, 0.5) is 0 Å². The topological polar surface area (TPSA) is 47.0 Å². The van der Waals surface area contributed by atoms with Crippen molar-refractivity contribution in [2.75, 3.05) is 0 Å². The summed E-state index contributed by atoms with van der Waals surface area (Å²) in [6.07, 6.45) is 6.89. The van der Waals surface area contributed by atoms with Crippen LogP contribution in [-0.2, 0) is 22.0 Å². The first-order valence-corrected chi connectivity index (χ1v) is 8.33. The van der Waals surface area contributed by atoms with Crippen molar-refractivity contribution in [1.29, 1.82) is 0 Å². The molecule has 2 aliphatic heterocycles. The van der Waals surface area contributed by atoms with Gasteiger partial charge in [0.1, 0.15) is 5.78 Å². The molecule has 3 heterocycles. The first-order valence-electron chi connectivity index (χ1n) is 7.06. The second kappa shape index (κ2) is 5.53. The number of nitrogens with zero attached hydrogens (tertiary/aromatic N) is 1. The maximum absolute atomic E-state index is 12.3. The van der Waals surface area contributed by atoms with Crippen molar-refractivity contribution < 1.29 is 9.00 Å². The maximum Gasteiger partial charge on any atom is 0.136 e. The van der Waals surface area contributed by atoms with Crippen molar-refractivity contribution >= 4 is 16.6 Å². The molecule has 0 N–H and O–H groups in total. The van der Waals surface area contributed by atoms with Gasteiger partial charge in [-0.2, -0.15) is 0 Å². The molecule has 2 bridgehead atoms. The Morgan fingerprint density at radius 2 is 2.00 bits per heavy atom. The highest BCUT2D eigenvalue weighted by molar-refractivity contribution is 7.86. The quantitative estimate of drug-likeness (QED) is 0.848. The fourth-order valence-corrected chi connectivity index (χ4v) is 5.42. The molecule has 0 saturated carbocycles. The predicted molar refractivity (Wildman–Crippen MR) is 75.2 cm³/mol. The summed E-state index contributed by atoms with van der Waals surface area (Å²) < 4.78 is 11.9. The molecule has 19 heavy (non-hydrogen) atoms. The van der Waals surface area contributed by atoms with Crippen LogP contribution in [0.2, 0.25) is 0 Å². The first-order chi connectivity index (χ1) is 9.24. The van der Waals surface area contributed by atoms with Crippen LogP contribution >= 0.6 is 0 Å². The van der Waals surface area contributed by atoms with Crippen LogP contribution in [0.5, 0.6) is 0 Å². The van der Waals surface area contributed by atoms with Gasteiger partial charge in [-0.3, -0.25) is 14.0 Å². The lowest BCUT2D eigenvalue weighted by molar-refractivity contribution is -0.123. The van der Waals surface area contributed by atoms with Crippen LogP contribution in [0.3, 0.4) is 0 Å². The van der Waals surface area contributed by atoms with E-state index in [2.05, 4.69) is 4.98 Å². The summed E-state index contributed by atoms with van der Waals surface area (Å²) in [4.78, 5) is 16.5. The van der Waals surface area contributed by atoms with Gasteiger partial charge in [0, 0.05) is 45.5 Å². The Bertz CT molecular complexity index is 472. The molecule has 2 saturated heterocycles. The van der Waals surface area contributed by atoms with Gasteiger partial charge in [0.25, 0.3) is 0 Å². The Morgan fingerprint density at radius 3 is 2.63 bits per heavy atom. The second-order valence-electron chi connectivity index (χ2n) is 5.61. The third-order valence-corrected chi connectivity index (χ3v) is 6.54. The normalized spacial score (nSPS) is 33.3. The molecule has 102 valence electrons. The average molecular weight is 277 g/mol. The summed E-state index contributed by atoms with van der Waals surface area (Å²) in [6.45, 7) is 0. The van der Waals surface area contributed by atoms with Gasteiger partial charge in [-0.15, -0.1) is 0 Å². The minimum atomic E-state index is -0.660. The standard InChI is InChI=1S/C15H19NO2S/c17-15(7-4-12-3-1-2-8-16-12)11-9-13-5-6-14(10-11)19(13)18/h1-3,8,11,13-14H,4-7,9-10H2. The summed E-state index contributed by atoms with van der Waals surface area (Å²) in [5.41, 5.74) is 0.984. The smallest absolute Gasteiger partial charge is 0.136 e. The zero-order valence-electron chi connectivity index (χ0n) is 11.0. The molecule has 3 rings (SSSR count). The Kier molecular flexibility index (Phi) is 3.78. The largest absolute Gasteiger partial charge is 0.299 e. The molecule has 0 spiro atoms. The highest BCUT2D eigenvalue weighted by Gasteiger charge is 2.42. The Hall–Kier alpha value is -1.03. The number of pyridine rings is 1. The number of hydrogen-bond donors (Lipinski definition) is 0. The van der Waals surface area contributed by atoms with Gasteiger partial charge in [0.05, 0.1) is 0 Å². The Labute approximate surface area is 116 Å². The highest BCUT2D eigenvalue weighted by atomic mass is 32.2. The SMILES string of the molecule is O=C(CCc1ccccn1)C1CC2CCC(C1)S2=O. The van der Waals surface area contributed by atoms with Gasteiger partial charge >= 0.3 is 0 Å². The van der Waals surface area contributed by atoms with E-state index in [0.717, 1.165) is 37.8 Å². The lowest BCUT2D eigenvalue weighted by Crippen LogP contribution is -2.32. The predicted octanol–water partition coefficient (Wildman–Crippen LogP) is 2.27. The highest BCUT2D eigenvalue weighted by Crippen LogP contribution is 2.39. The molecule has 2 fully saturated rings. The van der Waals surface area contributed by atoms with E-state index in [4.69, 9.17) is 0 Å². The van der Waals surface area contributed by atoms with Crippen molar-refractivity contribution in [1.82, 2.24) is 4.98 Å². The molecular weight excluding hydrogens is 258 g/mol. The minimum Gasteiger partial charge on any atom is -0.299 e. The molecule has 0 aliphatic carbocycles. The average Bonchev–Trinajstić information content (AvgIpc) is 2.68. The van der Waals surface area contributed by atoms with Gasteiger partial charge in [-0.1, -0.05) is 6.07 Å². The fraction of sp³-hybridized carbons (Fsp3) is 0.600. The molecule has 0 radical (unpaired) electrons. The number of Topliss-reactive ketones (excluding diaryl/α,β-unsaturated/α-hetero) is 1. The molecule has 2 atom stereocenters. The van der Waals surface area contributed by atoms with E-state index in [-0.39, 0.29) is 5.92 Å². The van der Waals surface area contributed by atoms with Crippen molar-refractivity contribution in [3.63, 3.8) is 0 Å². The van der Waals surface area contributed by atoms with E-state index in [0.29, 0.717) is 22.7 Å². The van der Waals surface area contributed by atoms with E-state index in [9.17, 15) is 9.00 Å². The molecular formula is C15H19NO2S. The number of hydrogen-bond acceptors (Lipinski definition) is 3. The van der Waals surface area contributed by atoms with Gasteiger partial charge in [0.2, 0.25) is 0 Å². The summed E-state index contributed by atoms with van der Waals surface area (Å²) in [5.74, 6) is 0.498. The van der Waals surface area contributed by atoms with E-state index in [1.807, 2.05) is 18.2 Å². The van der Waals surface area contributed by atoms with E-state index < -0.39 is 10.8 Å². The van der Waals surface area contributed by atoms with Crippen LogP contribution < -0.4 is 0 Å². The van der Waals surface area contributed by atoms with E-state index in [1.54, 1.807) is 6.20 Å². The number of rotatable bonds is 4. The molecule has 1 aromatic rings. The molecule has 0 aromatic carbocycles. The monoisotopic (exact) mass is 277 g/mol. The van der Waals surface area contributed by atoms with Crippen molar-refractivity contribution in [3.8, 4) is 0 Å². The third kappa shape index (κ3) is 2.78. The van der Waals surface area contributed by atoms with Crippen LogP contribution in [0.1, 0.15) is 37.8 Å². The van der Waals surface area contributed by atoms with Crippen LogP contribution in [-0.4, -0.2) is 25.5 Å². The van der Waals surface area contributed by atoms with Crippen molar-refractivity contribution in [2.24, 2.45) is 5.92 Å². The molecule has 4 heteroatoms. The van der Waals surface area contributed by atoms with Crippen LogP contribution in [0, 0.1) is 5.92 Å². The van der Waals surface area contributed by atoms with Crippen LogP contribution in [0.15, 0.2) is 24.4 Å². The number of aryl methyl sites for hydroxylation is 1. The van der Waals surface area contributed by atoms with Gasteiger partial charge < -0.3 is 0 Å². The van der Waals surface area contributed by atoms with Gasteiger partial charge in [-0.25, -0.2) is 0 Å². The zero-order chi connectivity index (χ0) is 13.2. The van der Waals surface area contributed by atoms with E-state index in [1.165, 1.54) is 0 Å². The summed E-state index contributed by atoms with van der Waals surface area (Å²) in [7, 11) is -0.660. The second-order valence-corrected chi connectivity index (χ2v) is 7.60. The van der Waals surface area contributed by atoms with Crippen LogP contribution in [0.25, 0.3) is 0 Å². The summed E-state index contributed by atoms with van der Waals surface area (Å²) in [5, 5.41) is 0.588. The summed E-state index contributed by atoms with van der Waals surface area (Å²) >= 11 is 0. The lowest BCUT2D eigenvalue weighted by atomic mass is 9.91. The molecule has 1 aromatic heterocycles. The fourth-order valence-electron chi connectivity index (χ4n) is 3.30. The summed E-state index contributed by atoms with van der Waals surface area (Å²) in [6, 6.07) is 5.81. The third-order valence-electron chi connectivity index (χ3n) is 4.37. The molecule has 3 nitrogen and oxygen atoms in total. The maximum atomic E-state index is 12.3. The Balaban J connectivity index is 1.55. The lowest BCUT2D eigenvalue weighted by Gasteiger charge is -2.26. The van der Waals surface area contributed by atoms with Gasteiger partial charge in [0.15, 0.2) is 0 Å². The Morgan fingerprint density at radius 1 is 1.26 bits per heavy atom.